The van der Waals surface area contributed by atoms with E-state index < -0.39 is 12.1 Å². The van der Waals surface area contributed by atoms with Gasteiger partial charge in [-0.25, -0.2) is 9.18 Å². The van der Waals surface area contributed by atoms with Crippen LogP contribution in [0.4, 0.5) is 4.39 Å². The normalized spacial score (nSPS) is 12.9. The number of ether oxygens (including phenoxy) is 1. The van der Waals surface area contributed by atoms with Crippen molar-refractivity contribution in [3.8, 4) is 0 Å². The zero-order valence-electron chi connectivity index (χ0n) is 4.36. The van der Waals surface area contributed by atoms with E-state index in [0.29, 0.717) is 0 Å². The maximum atomic E-state index is 12.0. The summed E-state index contributed by atoms with van der Waals surface area (Å²) in [5.74, 6) is -0.832. The molecule has 0 bridgehead atoms. The van der Waals surface area contributed by atoms with Crippen molar-refractivity contribution in [2.75, 3.05) is 12.4 Å². The molecule has 0 fully saturated rings. The van der Waals surface area contributed by atoms with Crippen LogP contribution < -0.4 is 0 Å². The minimum Gasteiger partial charge on any atom is -0.467 e. The number of alkyl halides is 2. The van der Waals surface area contributed by atoms with Gasteiger partial charge in [0, 0.05) is 5.33 Å². The monoisotopic (exact) mass is 184 g/mol. The van der Waals surface area contributed by atoms with Crippen LogP contribution in [0.15, 0.2) is 0 Å². The van der Waals surface area contributed by atoms with Crippen molar-refractivity contribution in [3.05, 3.63) is 0 Å². The van der Waals surface area contributed by atoms with Crippen molar-refractivity contribution in [1.82, 2.24) is 0 Å². The lowest BCUT2D eigenvalue weighted by Crippen LogP contribution is -2.17. The third-order valence-electron chi connectivity index (χ3n) is 0.592. The first-order chi connectivity index (χ1) is 3.72. The molecule has 48 valence electrons. The summed E-state index contributed by atoms with van der Waals surface area (Å²) in [7, 11) is 1.15. The highest BCUT2D eigenvalue weighted by Crippen LogP contribution is 1.97. The molecule has 0 aliphatic carbocycles. The first kappa shape index (κ1) is 7.88. The predicted octanol–water partition coefficient (Wildman–Crippen LogP) is 0.892. The van der Waals surface area contributed by atoms with Crippen LogP contribution in [0.3, 0.4) is 0 Å². The highest BCUT2D eigenvalue weighted by Gasteiger charge is 2.14. The molecule has 2 nitrogen and oxygen atoms in total. The number of carbonyl (C=O) groups excluding carboxylic acids is 1. The second kappa shape index (κ2) is 3.83. The Bertz CT molecular complexity index is 86.1. The Kier molecular flexibility index (Phi) is 3.77. The van der Waals surface area contributed by atoms with E-state index in [9.17, 15) is 9.18 Å². The molecule has 0 aromatic carbocycles. The maximum absolute atomic E-state index is 12.0. The molecule has 0 unspecified atom stereocenters. The van der Waals surface area contributed by atoms with Crippen LogP contribution in [0.2, 0.25) is 0 Å². The van der Waals surface area contributed by atoms with Gasteiger partial charge in [0.1, 0.15) is 0 Å². The van der Waals surface area contributed by atoms with Gasteiger partial charge in [-0.1, -0.05) is 15.9 Å². The molecule has 0 aromatic heterocycles. The lowest BCUT2D eigenvalue weighted by Gasteiger charge is -1.98. The van der Waals surface area contributed by atoms with E-state index in [-0.39, 0.29) is 5.33 Å². The van der Waals surface area contributed by atoms with E-state index in [4.69, 9.17) is 0 Å². The zero-order chi connectivity index (χ0) is 6.57. The van der Waals surface area contributed by atoms with E-state index >= 15 is 0 Å². The Morgan fingerprint density at radius 3 is 2.62 bits per heavy atom. The van der Waals surface area contributed by atoms with Crippen molar-refractivity contribution in [1.29, 1.82) is 0 Å². The fraction of sp³-hybridized carbons (Fsp3) is 0.750. The summed E-state index contributed by atoms with van der Waals surface area (Å²) in [4.78, 5) is 10.1. The number of esters is 1. The summed E-state index contributed by atoms with van der Waals surface area (Å²) in [5, 5.41) is -0.000324. The second-order valence-electron chi connectivity index (χ2n) is 1.14. The molecule has 1 atom stereocenters. The summed E-state index contributed by atoms with van der Waals surface area (Å²) in [5.41, 5.74) is 0. The smallest absolute Gasteiger partial charge is 0.341 e. The van der Waals surface area contributed by atoms with Gasteiger partial charge >= 0.3 is 5.97 Å². The number of carbonyl (C=O) groups is 1. The van der Waals surface area contributed by atoms with Gasteiger partial charge in [-0.2, -0.15) is 0 Å². The SMILES string of the molecule is COC(=O)[C@@H](F)CBr. The molecule has 0 aliphatic rings. The average Bonchev–Trinajstić information content (AvgIpc) is 1.84. The third-order valence-corrected chi connectivity index (χ3v) is 1.16. The number of methoxy groups -OCH3 is 1. The van der Waals surface area contributed by atoms with Crippen LogP contribution in [0.25, 0.3) is 0 Å². The molecular weight excluding hydrogens is 179 g/mol. The molecule has 0 aliphatic heterocycles. The molecule has 0 amide bonds. The number of halogens is 2. The van der Waals surface area contributed by atoms with E-state index in [2.05, 4.69) is 20.7 Å². The summed E-state index contributed by atoms with van der Waals surface area (Å²) in [6.45, 7) is 0. The summed E-state index contributed by atoms with van der Waals surface area (Å²) in [6, 6.07) is 0. The van der Waals surface area contributed by atoms with Crippen molar-refractivity contribution >= 4 is 21.9 Å². The molecule has 0 N–H and O–H groups in total. The van der Waals surface area contributed by atoms with E-state index in [1.54, 1.807) is 0 Å². The quantitative estimate of drug-likeness (QED) is 0.471. The summed E-state index contributed by atoms with van der Waals surface area (Å²) >= 11 is 2.78. The maximum Gasteiger partial charge on any atom is 0.341 e. The Morgan fingerprint density at radius 1 is 2.00 bits per heavy atom. The van der Waals surface area contributed by atoms with Crippen LogP contribution >= 0.6 is 15.9 Å². The Morgan fingerprint density at radius 2 is 2.50 bits per heavy atom. The summed E-state index contributed by atoms with van der Waals surface area (Å²) in [6.07, 6.45) is -1.53. The average molecular weight is 185 g/mol. The van der Waals surface area contributed by atoms with Crippen LogP contribution in [-0.4, -0.2) is 24.6 Å². The topological polar surface area (TPSA) is 26.3 Å². The molecule has 0 rings (SSSR count). The molecule has 4 heteroatoms. The fourth-order valence-electron chi connectivity index (χ4n) is 0.191. The Hall–Kier alpha value is -0.120. The van der Waals surface area contributed by atoms with E-state index in [1.165, 1.54) is 0 Å². The molecule has 0 spiro atoms. The van der Waals surface area contributed by atoms with Gasteiger partial charge in [0.05, 0.1) is 7.11 Å². The van der Waals surface area contributed by atoms with Crippen molar-refractivity contribution < 1.29 is 13.9 Å². The van der Waals surface area contributed by atoms with Gasteiger partial charge in [-0.05, 0) is 0 Å². The second-order valence-corrected chi connectivity index (χ2v) is 1.79. The van der Waals surface area contributed by atoms with Gasteiger partial charge in [0.25, 0.3) is 0 Å². The molecule has 0 saturated carbocycles. The van der Waals surface area contributed by atoms with E-state index in [0.717, 1.165) is 7.11 Å². The van der Waals surface area contributed by atoms with Gasteiger partial charge in [0.15, 0.2) is 0 Å². The molecule has 0 saturated heterocycles. The van der Waals surface area contributed by atoms with Gasteiger partial charge in [0.2, 0.25) is 6.17 Å². The van der Waals surface area contributed by atoms with Crippen molar-refractivity contribution in [2.45, 2.75) is 6.17 Å². The first-order valence-electron chi connectivity index (χ1n) is 2.00. The van der Waals surface area contributed by atoms with E-state index in [1.807, 2.05) is 0 Å². The highest BCUT2D eigenvalue weighted by molar-refractivity contribution is 9.09. The molecular formula is C4H6BrFO2. The van der Waals surface area contributed by atoms with Gasteiger partial charge < -0.3 is 4.74 Å². The molecule has 0 aromatic rings. The third kappa shape index (κ3) is 2.26. The Labute approximate surface area is 55.1 Å². The number of hydrogen-bond donors (Lipinski definition) is 0. The Balaban J connectivity index is 3.46. The van der Waals surface area contributed by atoms with Crippen molar-refractivity contribution in [3.63, 3.8) is 0 Å². The lowest BCUT2D eigenvalue weighted by molar-refractivity contribution is -0.145. The molecule has 8 heavy (non-hydrogen) atoms. The lowest BCUT2D eigenvalue weighted by atomic mass is 10.5. The summed E-state index contributed by atoms with van der Waals surface area (Å²) < 4.78 is 16.1. The minimum atomic E-state index is -1.53. The van der Waals surface area contributed by atoms with Crippen LogP contribution in [0.1, 0.15) is 0 Å². The van der Waals surface area contributed by atoms with Gasteiger partial charge in [-0.15, -0.1) is 0 Å². The van der Waals surface area contributed by atoms with Crippen LogP contribution in [-0.2, 0) is 9.53 Å². The predicted molar refractivity (Wildman–Crippen MR) is 30.7 cm³/mol. The largest absolute Gasteiger partial charge is 0.467 e. The molecule has 0 heterocycles. The van der Waals surface area contributed by atoms with Crippen molar-refractivity contribution in [2.24, 2.45) is 0 Å². The standard InChI is InChI=1S/C4H6BrFO2/c1-8-4(7)3(6)2-5/h3H,2H2,1H3/t3-/m0/s1. The fourth-order valence-corrected chi connectivity index (χ4v) is 0.455. The van der Waals surface area contributed by atoms with Crippen LogP contribution in [0, 0.1) is 0 Å². The zero-order valence-corrected chi connectivity index (χ0v) is 5.94. The van der Waals surface area contributed by atoms with Crippen LogP contribution in [0.5, 0.6) is 0 Å². The number of rotatable bonds is 2. The van der Waals surface area contributed by atoms with Gasteiger partial charge in [-0.3, -0.25) is 0 Å². The minimum absolute atomic E-state index is 0.000324. The first-order valence-corrected chi connectivity index (χ1v) is 3.12. The molecule has 0 radical (unpaired) electrons. The number of hydrogen-bond acceptors (Lipinski definition) is 2. The highest BCUT2D eigenvalue weighted by atomic mass is 79.9.